The molecule has 0 atom stereocenters. The van der Waals surface area contributed by atoms with Gasteiger partial charge < -0.3 is 14.8 Å². The van der Waals surface area contributed by atoms with Crippen molar-refractivity contribution in [2.45, 2.75) is 23.8 Å². The minimum absolute atomic E-state index is 0.107. The number of methoxy groups -OCH3 is 1. The number of H-pyrrole nitrogens is 1. The van der Waals surface area contributed by atoms with Gasteiger partial charge in [-0.1, -0.05) is 11.8 Å². The van der Waals surface area contributed by atoms with Crippen LogP contribution in [0, 0.1) is 0 Å². The number of nitrogens with zero attached hydrogens (tertiary/aromatic N) is 1. The number of nitrogens with one attached hydrogen (secondary N) is 1. The van der Waals surface area contributed by atoms with Gasteiger partial charge in [-0.25, -0.2) is 4.98 Å². The first-order chi connectivity index (χ1) is 9.04. The summed E-state index contributed by atoms with van der Waals surface area (Å²) in [5.74, 6) is 0.833. The molecule has 5 heteroatoms. The molecule has 0 aliphatic rings. The van der Waals surface area contributed by atoms with Crippen LogP contribution in [0.4, 0.5) is 0 Å². The minimum atomic E-state index is -0.241. The summed E-state index contributed by atoms with van der Waals surface area (Å²) in [6, 6.07) is 7.80. The average Bonchev–Trinajstić information content (AvgIpc) is 2.86. The van der Waals surface area contributed by atoms with E-state index in [1.807, 2.05) is 38.1 Å². The van der Waals surface area contributed by atoms with Crippen LogP contribution in [-0.2, 0) is 0 Å². The number of hydrogen-bond acceptors (Lipinski definition) is 4. The summed E-state index contributed by atoms with van der Waals surface area (Å²) in [5, 5.41) is 10.1. The fraction of sp³-hybridized carbons (Fsp3) is 0.357. The molecule has 2 N–H and O–H groups in total. The van der Waals surface area contributed by atoms with E-state index in [-0.39, 0.29) is 11.4 Å². The van der Waals surface area contributed by atoms with Crippen LogP contribution in [0.2, 0.25) is 0 Å². The molecule has 1 heterocycles. The Morgan fingerprint density at radius 2 is 2.00 bits per heavy atom. The molecule has 0 unspecified atom stereocenters. The normalized spacial score (nSPS) is 11.6. The summed E-state index contributed by atoms with van der Waals surface area (Å²) < 4.78 is 4.89. The Morgan fingerprint density at radius 1 is 1.32 bits per heavy atom. The highest BCUT2D eigenvalue weighted by atomic mass is 32.2. The maximum absolute atomic E-state index is 9.26. The van der Waals surface area contributed by atoms with Crippen molar-refractivity contribution in [3.63, 3.8) is 0 Å². The van der Waals surface area contributed by atoms with E-state index in [2.05, 4.69) is 9.97 Å². The summed E-state index contributed by atoms with van der Waals surface area (Å²) >= 11 is 1.53. The van der Waals surface area contributed by atoms with E-state index in [4.69, 9.17) is 4.74 Å². The van der Waals surface area contributed by atoms with Crippen LogP contribution in [0.1, 0.15) is 13.8 Å². The fourth-order valence-corrected chi connectivity index (χ4v) is 2.42. The number of ether oxygens (including phenoxy) is 1. The van der Waals surface area contributed by atoms with Crippen LogP contribution in [-0.4, -0.2) is 33.5 Å². The van der Waals surface area contributed by atoms with Gasteiger partial charge >= 0.3 is 0 Å². The summed E-state index contributed by atoms with van der Waals surface area (Å²) in [5.41, 5.74) is 2.01. The first-order valence-electron chi connectivity index (χ1n) is 6.03. The first kappa shape index (κ1) is 14.0. The van der Waals surface area contributed by atoms with Gasteiger partial charge in [0.05, 0.1) is 25.6 Å². The van der Waals surface area contributed by atoms with Gasteiger partial charge in [0.25, 0.3) is 0 Å². The Kier molecular flexibility index (Phi) is 4.17. The number of aromatic amines is 1. The maximum Gasteiger partial charge on any atom is 0.166 e. The molecule has 0 fully saturated rings. The van der Waals surface area contributed by atoms with Gasteiger partial charge in [0.2, 0.25) is 0 Å². The van der Waals surface area contributed by atoms with Crippen molar-refractivity contribution >= 4 is 11.8 Å². The Morgan fingerprint density at radius 3 is 2.58 bits per heavy atom. The molecule has 1 aromatic heterocycles. The lowest BCUT2D eigenvalue weighted by Crippen LogP contribution is -2.19. The van der Waals surface area contributed by atoms with Gasteiger partial charge in [-0.05, 0) is 43.7 Å². The molecular weight excluding hydrogens is 260 g/mol. The Bertz CT molecular complexity index is 535. The molecule has 0 saturated carbocycles. The monoisotopic (exact) mass is 278 g/mol. The van der Waals surface area contributed by atoms with Gasteiger partial charge in [0.15, 0.2) is 5.16 Å². The van der Waals surface area contributed by atoms with Crippen molar-refractivity contribution in [1.82, 2.24) is 9.97 Å². The summed E-state index contributed by atoms with van der Waals surface area (Å²) in [7, 11) is 1.65. The number of aliphatic hydroxyl groups is 1. The molecule has 2 aromatic rings. The topological polar surface area (TPSA) is 58.1 Å². The van der Waals surface area contributed by atoms with Crippen molar-refractivity contribution < 1.29 is 9.84 Å². The highest BCUT2D eigenvalue weighted by Gasteiger charge is 2.20. The van der Waals surface area contributed by atoms with E-state index >= 15 is 0 Å². The lowest BCUT2D eigenvalue weighted by atomic mass is 10.2. The van der Waals surface area contributed by atoms with Gasteiger partial charge in [0.1, 0.15) is 5.75 Å². The number of rotatable bonds is 5. The van der Waals surface area contributed by atoms with E-state index < -0.39 is 0 Å². The van der Waals surface area contributed by atoms with Crippen LogP contribution in [0.15, 0.2) is 35.6 Å². The SMILES string of the molecule is COc1ccc(-c2cnc(SC(C)(C)CO)[nH]2)cc1. The fourth-order valence-electron chi connectivity index (χ4n) is 1.57. The Balaban J connectivity index is 2.16. The zero-order chi connectivity index (χ0) is 13.9. The molecule has 0 aliphatic carbocycles. The summed E-state index contributed by atoms with van der Waals surface area (Å²) in [4.78, 5) is 7.59. The van der Waals surface area contributed by atoms with Crippen LogP contribution in [0.5, 0.6) is 5.75 Å². The minimum Gasteiger partial charge on any atom is -0.497 e. The molecule has 0 saturated heterocycles. The largest absolute Gasteiger partial charge is 0.497 e. The smallest absolute Gasteiger partial charge is 0.166 e. The Hall–Kier alpha value is -1.46. The van der Waals surface area contributed by atoms with Crippen molar-refractivity contribution in [2.75, 3.05) is 13.7 Å². The molecule has 0 amide bonds. The third-order valence-corrected chi connectivity index (χ3v) is 3.79. The summed E-state index contributed by atoms with van der Waals surface area (Å²) in [6.07, 6.45) is 1.80. The maximum atomic E-state index is 9.26. The standard InChI is InChI=1S/C14H18N2O2S/c1-14(2,9-17)19-13-15-8-12(16-13)10-4-6-11(18-3)7-5-10/h4-8,17H,9H2,1-3H3,(H,15,16). The second-order valence-corrected chi connectivity index (χ2v) is 6.55. The summed E-state index contributed by atoms with van der Waals surface area (Å²) in [6.45, 7) is 4.07. The molecular formula is C14H18N2O2S. The second kappa shape index (κ2) is 5.67. The second-order valence-electron chi connectivity index (χ2n) is 4.85. The van der Waals surface area contributed by atoms with E-state index in [1.165, 1.54) is 11.8 Å². The molecule has 0 spiro atoms. The van der Waals surface area contributed by atoms with Crippen molar-refractivity contribution in [1.29, 1.82) is 0 Å². The molecule has 19 heavy (non-hydrogen) atoms. The van der Waals surface area contributed by atoms with E-state index in [0.717, 1.165) is 22.2 Å². The van der Waals surface area contributed by atoms with E-state index in [0.29, 0.717) is 0 Å². The lowest BCUT2D eigenvalue weighted by molar-refractivity contribution is 0.265. The average molecular weight is 278 g/mol. The number of benzene rings is 1. The van der Waals surface area contributed by atoms with Crippen LogP contribution in [0.25, 0.3) is 11.3 Å². The zero-order valence-corrected chi connectivity index (χ0v) is 12.1. The van der Waals surface area contributed by atoms with E-state index in [9.17, 15) is 5.11 Å². The lowest BCUT2D eigenvalue weighted by Gasteiger charge is -2.18. The number of thioether (sulfide) groups is 1. The number of aliphatic hydroxyl groups excluding tert-OH is 1. The van der Waals surface area contributed by atoms with Crippen molar-refractivity contribution in [3.05, 3.63) is 30.5 Å². The molecule has 4 nitrogen and oxygen atoms in total. The molecule has 2 rings (SSSR count). The van der Waals surface area contributed by atoms with Gasteiger partial charge in [-0.2, -0.15) is 0 Å². The van der Waals surface area contributed by atoms with Gasteiger partial charge in [-0.15, -0.1) is 0 Å². The highest BCUT2D eigenvalue weighted by Crippen LogP contribution is 2.31. The molecule has 0 aliphatic heterocycles. The highest BCUT2D eigenvalue weighted by molar-refractivity contribution is 8.00. The molecule has 1 aromatic carbocycles. The number of imidazole rings is 1. The van der Waals surface area contributed by atoms with Crippen LogP contribution < -0.4 is 4.74 Å². The van der Waals surface area contributed by atoms with Gasteiger partial charge in [-0.3, -0.25) is 0 Å². The van der Waals surface area contributed by atoms with Gasteiger partial charge in [0, 0.05) is 4.75 Å². The predicted octanol–water partition coefficient (Wildman–Crippen LogP) is 2.95. The van der Waals surface area contributed by atoms with Crippen molar-refractivity contribution in [3.8, 4) is 17.0 Å². The zero-order valence-electron chi connectivity index (χ0n) is 11.3. The van der Waals surface area contributed by atoms with Crippen LogP contribution >= 0.6 is 11.8 Å². The Labute approximate surface area is 117 Å². The first-order valence-corrected chi connectivity index (χ1v) is 6.85. The number of aromatic nitrogens is 2. The predicted molar refractivity (Wildman–Crippen MR) is 77.6 cm³/mol. The number of hydrogen-bond donors (Lipinski definition) is 2. The van der Waals surface area contributed by atoms with Crippen molar-refractivity contribution in [2.24, 2.45) is 0 Å². The van der Waals surface area contributed by atoms with E-state index in [1.54, 1.807) is 13.3 Å². The third kappa shape index (κ3) is 3.52. The third-order valence-electron chi connectivity index (χ3n) is 2.71. The molecule has 0 bridgehead atoms. The quantitative estimate of drug-likeness (QED) is 0.826. The molecule has 102 valence electrons. The molecule has 0 radical (unpaired) electrons. The van der Waals surface area contributed by atoms with Crippen LogP contribution in [0.3, 0.4) is 0 Å².